The molecule has 7 rings (SSSR count). The molecule has 0 spiro atoms. The number of aliphatic carboxylic acids is 1. The first-order valence-corrected chi connectivity index (χ1v) is 50.0. The lowest BCUT2D eigenvalue weighted by Crippen LogP contribution is -2.66. The lowest BCUT2D eigenvalue weighted by Gasteiger charge is -2.64. The van der Waals surface area contributed by atoms with Gasteiger partial charge in [0.25, 0.3) is 0 Å². The highest BCUT2D eigenvalue weighted by Crippen LogP contribution is 2.69. The third-order valence-corrected chi connectivity index (χ3v) is 29.8. The maximum absolute atomic E-state index is 15.3. The molecule has 7 aliphatic rings. The molecule has 48 heteroatoms. The number of carbonyl (C=O) groups excluding carboxylic acids is 21. The third kappa shape index (κ3) is 35.2. The number of amides is 20. The Morgan fingerprint density at radius 2 is 0.971 bits per heavy atom. The van der Waals surface area contributed by atoms with Gasteiger partial charge in [-0.05, 0) is 195 Å². The Balaban J connectivity index is 1.46. The highest BCUT2D eigenvalue weighted by molar-refractivity contribution is 8.76. The molecule has 24 atom stereocenters. The van der Waals surface area contributed by atoms with E-state index in [9.17, 15) is 101 Å². The number of hydrogen-bond acceptors (Lipinski definition) is 28. The molecule has 1 unspecified atom stereocenters. The molecule has 7 bridgehead atoms. The summed E-state index contributed by atoms with van der Waals surface area (Å²) in [5.74, 6) is -24.9. The number of unbranched alkanes of at least 4 members (excludes halogenated alkanes) is 2. The maximum Gasteiger partial charge on any atom is 0.303 e. The quantitative estimate of drug-likeness (QED) is 0.0135. The number of carboxylic acid groups (broad SMARTS) is 1. The first-order valence-electron chi connectivity index (χ1n) is 47.5. The number of nitrogens with one attached hydrogen (secondary N) is 16. The fraction of sp³-hybridized carbons (Fsp3) is 0.753. The molecule has 4 aliphatic carbocycles. The zero-order valence-electron chi connectivity index (χ0n) is 80.0. The van der Waals surface area contributed by atoms with Crippen molar-refractivity contribution < 1.29 is 115 Å². The van der Waals surface area contributed by atoms with E-state index in [-0.39, 0.29) is 106 Å². The lowest BCUT2D eigenvalue weighted by molar-refractivity contribution is -0.196. The standard InChI is InChI=1S/C89H146N22O24S2/c1-11-44(4)75-87(134)104-57(22-25-66(94)114)81(128)99-47(7)76(123)105-59(34-43(2)3)84(131)108-62-42-137-136-41-61(85(132)102-55(16-12-14-32-90)79(126)96-39-71(119)101-56(83(130)111-75)17-13-15-33-91)107-77(124)46(6)98-78(125)54(92)21-26-69(117)110-70(118)28-27-68(116)100-50-30-31-88(9)49(35-50)36-63(135-48(8)112)74-52-20-19-51(45(5)18-24-65(93)113)89(52,10)64(37-53(74)88)109-72(120)40-97-80(127)60(38-67(95)115)106-82(129)58(103-86(62)133)23-29-73(121)122/h43-47,49-64,74-75H,11-42,90-92H2,1-10H3,(H2,93,113)(H2,94,114)(H2,95,115)(H,96,126)(H,97,127)(H,98,125)(H,99,128)(H,100,116)(H,101,119)(H,102,132)(H,103,133)(H,104,134)(H,105,123)(H,106,129)(H,107,124)(H,108,131)(H,109,120)(H,111,130)(H,121,122)(H,110,117,118)/t44-,45+,46-,47-,49-,50+,51+,52-,53?,54-,55-,56-,57-,58-,59-,60-,61-,62-,63+,64-,74-,75-,88-,89+/m0/s1. The SMILES string of the molecule is CC[C@H](C)[C@@H]1NC(=O)[C@H](CCCCN)NC(=O)CNC(=O)[C@H](CCCCN)NC(=O)[C@@H]2CSSC[C@H](NC(=O)[C@H](CC(C)C)NC(=O)[C@H](C)NC(=O)[C@H](CCC(N)=O)NC1=O)C(=O)N[C@@H](CCC(=O)O)C(=O)N[C@@H](CC(N)=O)C(=O)NCC(=O)N[C@H]1CC3[C@@H]([C@H](OC(C)=O)C[C@@H]4C[C@@H](CC[C@]34C)NC(=O)CCC(=O)NC(=O)CC[C@H](N)C(=O)N[C@@H](C)C(=O)N2)[C@@H]2CC[C@H]([C@H](C)CCC(N)=O)[C@@]12C. The van der Waals surface area contributed by atoms with Crippen LogP contribution >= 0.6 is 21.6 Å². The normalized spacial score (nSPS) is 31.7. The summed E-state index contributed by atoms with van der Waals surface area (Å²) in [6, 6.07) is -21.0. The number of primary amides is 3. The zero-order chi connectivity index (χ0) is 102. The van der Waals surface area contributed by atoms with E-state index < -0.39 is 319 Å². The molecule has 20 amide bonds. The average Bonchev–Trinajstić information content (AvgIpc) is 1.64. The van der Waals surface area contributed by atoms with Gasteiger partial charge in [-0.15, -0.1) is 0 Å². The highest BCUT2D eigenvalue weighted by atomic mass is 33.1. The molecule has 0 aromatic rings. The fourth-order valence-electron chi connectivity index (χ4n) is 19.7. The highest BCUT2D eigenvalue weighted by Gasteiger charge is 2.67. The van der Waals surface area contributed by atoms with Crippen LogP contribution in [0.25, 0.3) is 0 Å². The minimum Gasteiger partial charge on any atom is -0.481 e. The molecule has 46 nitrogen and oxygen atoms in total. The third-order valence-electron chi connectivity index (χ3n) is 27.4. The topological polar surface area (TPSA) is 754 Å². The van der Waals surface area contributed by atoms with Crippen LogP contribution < -0.4 is 119 Å². The van der Waals surface area contributed by atoms with Gasteiger partial charge in [0, 0.05) is 75.0 Å². The van der Waals surface area contributed by atoms with Gasteiger partial charge in [0.05, 0.1) is 25.6 Å². The molecule has 768 valence electrons. The van der Waals surface area contributed by atoms with Crippen LogP contribution in [-0.2, 0) is 110 Å². The van der Waals surface area contributed by atoms with Crippen molar-refractivity contribution in [1.29, 1.82) is 0 Å². The summed E-state index contributed by atoms with van der Waals surface area (Å²) in [6.45, 7) is 15.2. The van der Waals surface area contributed by atoms with E-state index in [1.165, 1.54) is 20.8 Å². The second kappa shape index (κ2) is 55.1. The van der Waals surface area contributed by atoms with Crippen molar-refractivity contribution in [1.82, 2.24) is 85.1 Å². The molecule has 0 aromatic heterocycles. The van der Waals surface area contributed by atoms with Crippen LogP contribution in [0.4, 0.5) is 0 Å². The van der Waals surface area contributed by atoms with Crippen LogP contribution in [0, 0.1) is 58.2 Å². The van der Waals surface area contributed by atoms with Crippen molar-refractivity contribution >= 4 is 152 Å². The van der Waals surface area contributed by atoms with Crippen LogP contribution in [0.5, 0.6) is 0 Å². The van der Waals surface area contributed by atoms with Crippen molar-refractivity contribution in [3.05, 3.63) is 0 Å². The number of esters is 1. The Labute approximate surface area is 805 Å². The predicted molar refractivity (Wildman–Crippen MR) is 500 cm³/mol. The van der Waals surface area contributed by atoms with Crippen LogP contribution in [0.2, 0.25) is 0 Å². The van der Waals surface area contributed by atoms with E-state index in [0.717, 1.165) is 10.8 Å². The predicted octanol–water partition coefficient (Wildman–Crippen LogP) is -4.43. The first kappa shape index (κ1) is 115. The Kier molecular flexibility index (Phi) is 46.1. The molecular weight excluding hydrogens is 1830 g/mol. The number of hydrogen-bond donors (Lipinski definition) is 23. The van der Waals surface area contributed by atoms with Gasteiger partial charge in [0.2, 0.25) is 118 Å². The van der Waals surface area contributed by atoms with E-state index in [2.05, 4.69) is 98.9 Å². The van der Waals surface area contributed by atoms with Crippen LogP contribution in [-0.4, -0.2) is 264 Å². The van der Waals surface area contributed by atoms with Gasteiger partial charge < -0.3 is 124 Å². The Morgan fingerprint density at radius 3 is 1.53 bits per heavy atom. The van der Waals surface area contributed by atoms with Gasteiger partial charge >= 0.3 is 11.9 Å². The summed E-state index contributed by atoms with van der Waals surface area (Å²) in [5.41, 5.74) is 33.6. The molecule has 4 saturated carbocycles. The smallest absolute Gasteiger partial charge is 0.303 e. The molecule has 29 N–H and O–H groups in total. The van der Waals surface area contributed by atoms with Crippen LogP contribution in [0.1, 0.15) is 236 Å². The van der Waals surface area contributed by atoms with Gasteiger partial charge in [0.1, 0.15) is 72.6 Å². The Bertz CT molecular complexity index is 4340. The van der Waals surface area contributed by atoms with E-state index in [0.29, 0.717) is 68.6 Å². The number of ether oxygens (including phenoxy) is 1. The van der Waals surface area contributed by atoms with Gasteiger partial charge in [-0.2, -0.15) is 0 Å². The maximum atomic E-state index is 15.3. The van der Waals surface area contributed by atoms with Crippen molar-refractivity contribution in [2.24, 2.45) is 92.6 Å². The second-order valence-corrected chi connectivity index (χ2v) is 40.7. The van der Waals surface area contributed by atoms with Crippen molar-refractivity contribution in [3.63, 3.8) is 0 Å². The summed E-state index contributed by atoms with van der Waals surface area (Å²) in [5, 5.41) is 51.3. The number of fused-ring (bicyclic) bond motifs is 27. The summed E-state index contributed by atoms with van der Waals surface area (Å²) in [4.78, 5) is 308. The minimum atomic E-state index is -1.99. The molecule has 0 radical (unpaired) electrons. The summed E-state index contributed by atoms with van der Waals surface area (Å²) < 4.78 is 6.32. The van der Waals surface area contributed by atoms with Crippen molar-refractivity contribution in [2.45, 2.75) is 327 Å². The van der Waals surface area contributed by atoms with Crippen molar-refractivity contribution in [2.75, 3.05) is 37.7 Å². The molecule has 3 saturated heterocycles. The molecule has 3 heterocycles. The molecule has 137 heavy (non-hydrogen) atoms. The first-order chi connectivity index (χ1) is 64.5. The Hall–Kier alpha value is -10.9. The largest absolute Gasteiger partial charge is 0.481 e. The Morgan fingerprint density at radius 1 is 0.474 bits per heavy atom. The molecular formula is C89H146N22O24S2. The van der Waals surface area contributed by atoms with E-state index in [4.69, 9.17) is 39.1 Å². The van der Waals surface area contributed by atoms with E-state index >= 15 is 9.59 Å². The molecule has 0 aromatic carbocycles. The van der Waals surface area contributed by atoms with Crippen LogP contribution in [0.15, 0.2) is 0 Å². The van der Waals surface area contributed by atoms with E-state index in [1.54, 1.807) is 27.7 Å². The van der Waals surface area contributed by atoms with Gasteiger partial charge in [-0.25, -0.2) is 0 Å². The van der Waals surface area contributed by atoms with E-state index in [1.807, 2.05) is 6.92 Å². The zero-order valence-corrected chi connectivity index (χ0v) is 81.7. The monoisotopic (exact) mass is 1970 g/mol. The number of carbonyl (C=O) groups is 22. The van der Waals surface area contributed by atoms with Crippen molar-refractivity contribution in [3.8, 4) is 0 Å². The number of nitrogens with two attached hydrogens (primary N) is 6. The number of rotatable bonds is 25. The summed E-state index contributed by atoms with van der Waals surface area (Å²) >= 11 is 0. The summed E-state index contributed by atoms with van der Waals surface area (Å²) in [7, 11) is 1.45. The lowest BCUT2D eigenvalue weighted by atomic mass is 9.42. The van der Waals surface area contributed by atoms with Gasteiger partial charge in [0.15, 0.2) is 0 Å². The number of carboxylic acids is 1. The average molecular weight is 1970 g/mol. The second-order valence-electron chi connectivity index (χ2n) is 38.1. The molecule has 7 fully saturated rings. The summed E-state index contributed by atoms with van der Waals surface area (Å²) in [6.07, 6.45) is -1.06. The van der Waals surface area contributed by atoms with Crippen LogP contribution in [0.3, 0.4) is 0 Å². The number of imide groups is 1. The fourth-order valence-corrected chi connectivity index (χ4v) is 22.0. The van der Waals surface area contributed by atoms with Gasteiger partial charge in [-0.1, -0.05) is 76.5 Å². The van der Waals surface area contributed by atoms with Gasteiger partial charge in [-0.3, -0.25) is 111 Å². The minimum absolute atomic E-state index is 0.0560. The molecule has 3 aliphatic heterocycles.